The molecule has 48 valence electrons. The van der Waals surface area contributed by atoms with Gasteiger partial charge in [-0.25, -0.2) is 5.43 Å². The van der Waals surface area contributed by atoms with Crippen LogP contribution in [0.5, 0.6) is 0 Å². The number of carbonyl (C=O) groups excluding carboxylic acids is 1. The highest BCUT2D eigenvalue weighted by molar-refractivity contribution is 6.06. The number of hydrogen-bond donors (Lipinski definition) is 1. The van der Waals surface area contributed by atoms with Gasteiger partial charge in [-0.15, -0.1) is 0 Å². The zero-order valence-electron chi connectivity index (χ0n) is 5.05. The van der Waals surface area contributed by atoms with Crippen LogP contribution in [-0.4, -0.2) is 11.6 Å². The Kier molecular flexibility index (Phi) is 0.860. The van der Waals surface area contributed by atoms with Gasteiger partial charge in [0.15, 0.2) is 0 Å². The Morgan fingerprint density at radius 2 is 2.33 bits per heavy atom. The molecule has 1 N–H and O–H groups in total. The van der Waals surface area contributed by atoms with E-state index >= 15 is 0 Å². The standard InChI is InChI=1S/C6H8N2O/c9-6-3-5(7-8-6)4-1-2-4/h4H,1-3H2,(H,8,9). The summed E-state index contributed by atoms with van der Waals surface area (Å²) < 4.78 is 0. The molecule has 0 atom stereocenters. The summed E-state index contributed by atoms with van der Waals surface area (Å²) in [6.45, 7) is 0. The molecule has 1 saturated carbocycles. The molecule has 0 saturated heterocycles. The van der Waals surface area contributed by atoms with Crippen LogP contribution in [0.2, 0.25) is 0 Å². The van der Waals surface area contributed by atoms with Crippen molar-refractivity contribution in [3.8, 4) is 0 Å². The number of nitrogens with zero attached hydrogens (tertiary/aromatic N) is 1. The number of hydrazone groups is 1. The van der Waals surface area contributed by atoms with Crippen molar-refractivity contribution in [1.82, 2.24) is 5.43 Å². The Morgan fingerprint density at radius 1 is 1.56 bits per heavy atom. The molecule has 1 aliphatic heterocycles. The van der Waals surface area contributed by atoms with Gasteiger partial charge in [0.1, 0.15) is 0 Å². The van der Waals surface area contributed by atoms with Crippen molar-refractivity contribution in [3.63, 3.8) is 0 Å². The molecule has 0 radical (unpaired) electrons. The van der Waals surface area contributed by atoms with Crippen LogP contribution in [0.15, 0.2) is 5.10 Å². The lowest BCUT2D eigenvalue weighted by molar-refractivity contribution is -0.119. The van der Waals surface area contributed by atoms with E-state index in [-0.39, 0.29) is 5.91 Å². The van der Waals surface area contributed by atoms with Crippen molar-refractivity contribution in [2.24, 2.45) is 11.0 Å². The number of nitrogens with one attached hydrogen (secondary N) is 1. The molecule has 1 fully saturated rings. The molecule has 1 amide bonds. The third-order valence-corrected chi connectivity index (χ3v) is 1.71. The Labute approximate surface area is 53.1 Å². The molecule has 0 unspecified atom stereocenters. The van der Waals surface area contributed by atoms with Crippen LogP contribution in [0.1, 0.15) is 19.3 Å². The summed E-state index contributed by atoms with van der Waals surface area (Å²) in [7, 11) is 0. The number of rotatable bonds is 1. The van der Waals surface area contributed by atoms with Gasteiger partial charge in [0.25, 0.3) is 0 Å². The van der Waals surface area contributed by atoms with Crippen LogP contribution in [-0.2, 0) is 4.79 Å². The van der Waals surface area contributed by atoms with Gasteiger partial charge in [0, 0.05) is 0 Å². The first kappa shape index (κ1) is 4.97. The van der Waals surface area contributed by atoms with Gasteiger partial charge >= 0.3 is 0 Å². The second-order valence-corrected chi connectivity index (χ2v) is 2.59. The molecule has 0 aromatic rings. The summed E-state index contributed by atoms with van der Waals surface area (Å²) in [5.41, 5.74) is 3.51. The molecule has 9 heavy (non-hydrogen) atoms. The molecule has 0 spiro atoms. The van der Waals surface area contributed by atoms with Gasteiger partial charge in [0.2, 0.25) is 5.91 Å². The number of amides is 1. The zero-order chi connectivity index (χ0) is 6.27. The highest BCUT2D eigenvalue weighted by Crippen LogP contribution is 2.32. The average molecular weight is 124 g/mol. The average Bonchev–Trinajstić information content (AvgIpc) is 2.58. The summed E-state index contributed by atoms with van der Waals surface area (Å²) in [6, 6.07) is 0. The Hall–Kier alpha value is -0.860. The lowest BCUT2D eigenvalue weighted by atomic mass is 10.2. The molecular weight excluding hydrogens is 116 g/mol. The molecule has 0 aromatic carbocycles. The van der Waals surface area contributed by atoms with Crippen LogP contribution in [0.4, 0.5) is 0 Å². The van der Waals surface area contributed by atoms with Gasteiger partial charge in [-0.1, -0.05) is 0 Å². The highest BCUT2D eigenvalue weighted by Gasteiger charge is 2.31. The maximum Gasteiger partial charge on any atom is 0.245 e. The van der Waals surface area contributed by atoms with Gasteiger partial charge in [-0.05, 0) is 18.8 Å². The van der Waals surface area contributed by atoms with Gasteiger partial charge in [0.05, 0.1) is 12.1 Å². The molecule has 3 heteroatoms. The summed E-state index contributed by atoms with van der Waals surface area (Å²) in [5, 5.41) is 3.90. The summed E-state index contributed by atoms with van der Waals surface area (Å²) in [6.07, 6.45) is 3.01. The lowest BCUT2D eigenvalue weighted by Crippen LogP contribution is -2.09. The molecule has 2 aliphatic rings. The highest BCUT2D eigenvalue weighted by atomic mass is 16.2. The van der Waals surface area contributed by atoms with Gasteiger partial charge in [-0.3, -0.25) is 4.79 Å². The minimum atomic E-state index is 0.0527. The number of hydrogen-bond acceptors (Lipinski definition) is 2. The predicted molar refractivity (Wildman–Crippen MR) is 32.9 cm³/mol. The first-order valence-electron chi connectivity index (χ1n) is 3.21. The minimum Gasteiger partial charge on any atom is -0.273 e. The first-order chi connectivity index (χ1) is 4.36. The van der Waals surface area contributed by atoms with Gasteiger partial charge < -0.3 is 0 Å². The maximum absolute atomic E-state index is 10.6. The topological polar surface area (TPSA) is 41.5 Å². The molecular formula is C6H8N2O. The molecule has 3 nitrogen and oxygen atoms in total. The molecule has 2 rings (SSSR count). The summed E-state index contributed by atoms with van der Waals surface area (Å²) >= 11 is 0. The fourth-order valence-electron chi connectivity index (χ4n) is 1.03. The van der Waals surface area contributed by atoms with Crippen molar-refractivity contribution in [2.45, 2.75) is 19.3 Å². The number of carbonyl (C=O) groups is 1. The molecule has 1 aliphatic carbocycles. The van der Waals surface area contributed by atoms with E-state index in [1.165, 1.54) is 12.8 Å². The molecule has 0 aromatic heterocycles. The minimum absolute atomic E-state index is 0.0527. The second kappa shape index (κ2) is 1.56. The second-order valence-electron chi connectivity index (χ2n) is 2.59. The Morgan fingerprint density at radius 3 is 2.78 bits per heavy atom. The SMILES string of the molecule is O=C1CC(C2CC2)=NN1. The van der Waals surface area contributed by atoms with Crippen LogP contribution in [0, 0.1) is 5.92 Å². The quantitative estimate of drug-likeness (QED) is 0.535. The largest absolute Gasteiger partial charge is 0.273 e. The van der Waals surface area contributed by atoms with Crippen molar-refractivity contribution >= 4 is 11.6 Å². The van der Waals surface area contributed by atoms with E-state index in [9.17, 15) is 4.79 Å². The van der Waals surface area contributed by atoms with Crippen molar-refractivity contribution in [2.75, 3.05) is 0 Å². The van der Waals surface area contributed by atoms with E-state index in [4.69, 9.17) is 0 Å². The van der Waals surface area contributed by atoms with E-state index in [2.05, 4.69) is 10.5 Å². The monoisotopic (exact) mass is 124 g/mol. The van der Waals surface area contributed by atoms with E-state index in [1.807, 2.05) is 0 Å². The Balaban J connectivity index is 2.05. The molecule has 1 heterocycles. The van der Waals surface area contributed by atoms with Crippen molar-refractivity contribution < 1.29 is 4.79 Å². The fourth-order valence-corrected chi connectivity index (χ4v) is 1.03. The first-order valence-corrected chi connectivity index (χ1v) is 3.21. The smallest absolute Gasteiger partial charge is 0.245 e. The predicted octanol–water partition coefficient (Wildman–Crippen LogP) is 0.272. The van der Waals surface area contributed by atoms with Crippen LogP contribution in [0.25, 0.3) is 0 Å². The van der Waals surface area contributed by atoms with Gasteiger partial charge in [-0.2, -0.15) is 5.10 Å². The van der Waals surface area contributed by atoms with Crippen molar-refractivity contribution in [3.05, 3.63) is 0 Å². The summed E-state index contributed by atoms with van der Waals surface area (Å²) in [4.78, 5) is 10.6. The van der Waals surface area contributed by atoms with Crippen LogP contribution in [0.3, 0.4) is 0 Å². The third kappa shape index (κ3) is 0.823. The van der Waals surface area contributed by atoms with E-state index in [1.54, 1.807) is 0 Å². The van der Waals surface area contributed by atoms with Crippen LogP contribution < -0.4 is 5.43 Å². The fraction of sp³-hybridized carbons (Fsp3) is 0.667. The van der Waals surface area contributed by atoms with Crippen molar-refractivity contribution in [1.29, 1.82) is 0 Å². The maximum atomic E-state index is 10.6. The van der Waals surface area contributed by atoms with E-state index < -0.39 is 0 Å². The molecule has 0 bridgehead atoms. The normalized spacial score (nSPS) is 25.8. The van der Waals surface area contributed by atoms with Crippen LogP contribution >= 0.6 is 0 Å². The zero-order valence-corrected chi connectivity index (χ0v) is 5.05. The van der Waals surface area contributed by atoms with E-state index in [0.29, 0.717) is 12.3 Å². The summed E-state index contributed by atoms with van der Waals surface area (Å²) in [5.74, 6) is 0.695. The Bertz CT molecular complexity index is 181. The third-order valence-electron chi connectivity index (χ3n) is 1.71. The van der Waals surface area contributed by atoms with E-state index in [0.717, 1.165) is 5.71 Å². The lowest BCUT2D eigenvalue weighted by Gasteiger charge is -1.85.